The van der Waals surface area contributed by atoms with Crippen molar-refractivity contribution in [3.8, 4) is 11.5 Å². The average Bonchev–Trinajstić information content (AvgIpc) is 2.43. The second kappa shape index (κ2) is 9.02. The van der Waals surface area contributed by atoms with Crippen molar-refractivity contribution >= 4 is 11.6 Å². The van der Waals surface area contributed by atoms with E-state index in [2.05, 4.69) is 12.2 Å². The maximum Gasteiger partial charge on any atom is 0.144 e. The van der Waals surface area contributed by atoms with Gasteiger partial charge in [-0.15, -0.1) is 0 Å². The van der Waals surface area contributed by atoms with Crippen LogP contribution in [0, 0.1) is 0 Å². The smallest absolute Gasteiger partial charge is 0.144 e. The summed E-state index contributed by atoms with van der Waals surface area (Å²) in [5.41, 5.74) is 1.02. The van der Waals surface area contributed by atoms with Crippen LogP contribution in [0.2, 0.25) is 5.02 Å². The molecule has 19 heavy (non-hydrogen) atoms. The van der Waals surface area contributed by atoms with E-state index < -0.39 is 0 Å². The van der Waals surface area contributed by atoms with Gasteiger partial charge in [0.1, 0.15) is 16.5 Å². The summed E-state index contributed by atoms with van der Waals surface area (Å²) in [5.74, 6) is 1.28. The molecule has 0 aliphatic rings. The second-order valence-electron chi connectivity index (χ2n) is 3.99. The lowest BCUT2D eigenvalue weighted by Crippen LogP contribution is -2.19. The molecule has 0 aromatic heterocycles. The minimum Gasteiger partial charge on any atom is -0.495 e. The Morgan fingerprint density at radius 3 is 2.58 bits per heavy atom. The molecule has 0 aliphatic carbocycles. The summed E-state index contributed by atoms with van der Waals surface area (Å²) in [7, 11) is 3.19. The van der Waals surface area contributed by atoms with Crippen molar-refractivity contribution in [2.45, 2.75) is 13.3 Å². The molecule has 4 nitrogen and oxygen atoms in total. The van der Waals surface area contributed by atoms with E-state index in [9.17, 15) is 0 Å². The largest absolute Gasteiger partial charge is 0.495 e. The highest BCUT2D eigenvalue weighted by Gasteiger charge is 2.12. The van der Waals surface area contributed by atoms with Gasteiger partial charge in [0, 0.05) is 6.54 Å². The van der Waals surface area contributed by atoms with Crippen molar-refractivity contribution in [3.05, 3.63) is 22.7 Å². The van der Waals surface area contributed by atoms with Crippen molar-refractivity contribution in [2.24, 2.45) is 0 Å². The van der Waals surface area contributed by atoms with E-state index >= 15 is 0 Å². The molecule has 0 bridgehead atoms. The fourth-order valence-corrected chi connectivity index (χ4v) is 2.10. The van der Waals surface area contributed by atoms with Gasteiger partial charge >= 0.3 is 0 Å². The van der Waals surface area contributed by atoms with Crippen molar-refractivity contribution in [2.75, 3.05) is 40.5 Å². The third-order valence-electron chi connectivity index (χ3n) is 2.76. The standard InChI is InChI=1S/C14H22ClNO3/c1-4-16-8-10-19-9-7-11-5-6-12(17-2)13(15)14(11)18-3/h5-6,16H,4,7-10H2,1-3H3. The first-order chi connectivity index (χ1) is 9.24. The molecule has 0 amide bonds. The van der Waals surface area contributed by atoms with Gasteiger partial charge in [-0.05, 0) is 24.6 Å². The molecule has 0 unspecified atom stereocenters. The molecule has 0 saturated heterocycles. The molecular formula is C14H22ClNO3. The molecule has 0 radical (unpaired) electrons. The highest BCUT2D eigenvalue weighted by molar-refractivity contribution is 6.33. The van der Waals surface area contributed by atoms with E-state index in [0.29, 0.717) is 29.7 Å². The lowest BCUT2D eigenvalue weighted by atomic mass is 10.1. The number of halogens is 1. The predicted octanol–water partition coefficient (Wildman–Crippen LogP) is 2.53. The Bertz CT molecular complexity index is 385. The molecule has 0 fully saturated rings. The molecule has 1 aromatic carbocycles. The van der Waals surface area contributed by atoms with Crippen molar-refractivity contribution in [3.63, 3.8) is 0 Å². The number of hydrogen-bond donors (Lipinski definition) is 1. The van der Waals surface area contributed by atoms with Crippen LogP contribution in [0.15, 0.2) is 12.1 Å². The molecule has 0 spiro atoms. The Morgan fingerprint density at radius 2 is 1.95 bits per heavy atom. The number of rotatable bonds is 9. The summed E-state index contributed by atoms with van der Waals surface area (Å²) in [6.45, 7) is 5.26. The molecule has 1 rings (SSSR count). The third-order valence-corrected chi connectivity index (χ3v) is 3.11. The number of hydrogen-bond acceptors (Lipinski definition) is 4. The minimum absolute atomic E-state index is 0.509. The van der Waals surface area contributed by atoms with Crippen LogP contribution in [-0.2, 0) is 11.2 Å². The zero-order valence-electron chi connectivity index (χ0n) is 11.8. The van der Waals surface area contributed by atoms with E-state index in [1.807, 2.05) is 12.1 Å². The first kappa shape index (κ1) is 16.1. The molecule has 5 heteroatoms. The first-order valence-corrected chi connectivity index (χ1v) is 6.80. The van der Waals surface area contributed by atoms with Gasteiger partial charge in [0.2, 0.25) is 0 Å². The van der Waals surface area contributed by atoms with Crippen LogP contribution < -0.4 is 14.8 Å². The van der Waals surface area contributed by atoms with Crippen LogP contribution in [0.4, 0.5) is 0 Å². The Hall–Kier alpha value is -0.970. The van der Waals surface area contributed by atoms with Gasteiger partial charge in [0.15, 0.2) is 0 Å². The van der Waals surface area contributed by atoms with Crippen molar-refractivity contribution < 1.29 is 14.2 Å². The number of likely N-dealkylation sites (N-methyl/N-ethyl adjacent to an activating group) is 1. The molecule has 0 aliphatic heterocycles. The fraction of sp³-hybridized carbons (Fsp3) is 0.571. The monoisotopic (exact) mass is 287 g/mol. The van der Waals surface area contributed by atoms with Crippen LogP contribution in [0.5, 0.6) is 11.5 Å². The third kappa shape index (κ3) is 4.90. The number of methoxy groups -OCH3 is 2. The summed E-state index contributed by atoms with van der Waals surface area (Å²) >= 11 is 6.19. The first-order valence-electron chi connectivity index (χ1n) is 6.42. The van der Waals surface area contributed by atoms with Gasteiger partial charge in [-0.25, -0.2) is 0 Å². The molecular weight excluding hydrogens is 266 g/mol. The molecule has 108 valence electrons. The summed E-state index contributed by atoms with van der Waals surface area (Å²) in [6.07, 6.45) is 0.763. The molecule has 0 heterocycles. The van der Waals surface area contributed by atoms with Crippen LogP contribution >= 0.6 is 11.6 Å². The highest BCUT2D eigenvalue weighted by Crippen LogP contribution is 2.36. The summed E-state index contributed by atoms with van der Waals surface area (Å²) < 4.78 is 16.0. The Morgan fingerprint density at radius 1 is 1.16 bits per heavy atom. The van der Waals surface area contributed by atoms with Gasteiger partial charge in [-0.3, -0.25) is 0 Å². The average molecular weight is 288 g/mol. The van der Waals surface area contributed by atoms with Crippen LogP contribution in [0.25, 0.3) is 0 Å². The van der Waals surface area contributed by atoms with E-state index in [-0.39, 0.29) is 0 Å². The van der Waals surface area contributed by atoms with E-state index in [0.717, 1.165) is 25.1 Å². The van der Waals surface area contributed by atoms with Crippen molar-refractivity contribution in [1.29, 1.82) is 0 Å². The SMILES string of the molecule is CCNCCOCCc1ccc(OC)c(Cl)c1OC. The van der Waals surface area contributed by atoms with Crippen LogP contribution in [-0.4, -0.2) is 40.5 Å². The Balaban J connectivity index is 2.51. The minimum atomic E-state index is 0.509. The zero-order valence-corrected chi connectivity index (χ0v) is 12.5. The van der Waals surface area contributed by atoms with Gasteiger partial charge in [-0.1, -0.05) is 24.6 Å². The molecule has 0 saturated carbocycles. The lowest BCUT2D eigenvalue weighted by molar-refractivity contribution is 0.139. The van der Waals surface area contributed by atoms with E-state index in [4.69, 9.17) is 25.8 Å². The van der Waals surface area contributed by atoms with Crippen LogP contribution in [0.3, 0.4) is 0 Å². The number of nitrogens with one attached hydrogen (secondary N) is 1. The maximum atomic E-state index is 6.19. The summed E-state index contributed by atoms with van der Waals surface area (Å²) in [4.78, 5) is 0. The Kier molecular flexibility index (Phi) is 7.63. The van der Waals surface area contributed by atoms with E-state index in [1.54, 1.807) is 14.2 Å². The predicted molar refractivity (Wildman–Crippen MR) is 77.6 cm³/mol. The zero-order chi connectivity index (χ0) is 14.1. The lowest BCUT2D eigenvalue weighted by Gasteiger charge is -2.13. The summed E-state index contributed by atoms with van der Waals surface area (Å²) in [6, 6.07) is 3.80. The highest BCUT2D eigenvalue weighted by atomic mass is 35.5. The fourth-order valence-electron chi connectivity index (χ4n) is 1.76. The van der Waals surface area contributed by atoms with Gasteiger partial charge < -0.3 is 19.5 Å². The van der Waals surface area contributed by atoms with Gasteiger partial charge in [-0.2, -0.15) is 0 Å². The normalized spacial score (nSPS) is 10.5. The van der Waals surface area contributed by atoms with Gasteiger partial charge in [0.05, 0.1) is 27.4 Å². The number of ether oxygens (including phenoxy) is 3. The molecule has 1 aromatic rings. The maximum absolute atomic E-state index is 6.19. The summed E-state index contributed by atoms with van der Waals surface area (Å²) in [5, 5.41) is 3.72. The molecule has 0 atom stereocenters. The number of benzene rings is 1. The van der Waals surface area contributed by atoms with Gasteiger partial charge in [0.25, 0.3) is 0 Å². The molecule has 1 N–H and O–H groups in total. The van der Waals surface area contributed by atoms with Crippen LogP contribution in [0.1, 0.15) is 12.5 Å². The quantitative estimate of drug-likeness (QED) is 0.709. The van der Waals surface area contributed by atoms with E-state index in [1.165, 1.54) is 0 Å². The topological polar surface area (TPSA) is 39.7 Å². The Labute approximate surface area is 120 Å². The van der Waals surface area contributed by atoms with Crippen molar-refractivity contribution in [1.82, 2.24) is 5.32 Å². The second-order valence-corrected chi connectivity index (χ2v) is 4.37.